The van der Waals surface area contributed by atoms with E-state index in [1.807, 2.05) is 12.1 Å². The summed E-state index contributed by atoms with van der Waals surface area (Å²) in [6.07, 6.45) is 1.43. The molecule has 13 nitrogen and oxygen atoms in total. The highest BCUT2D eigenvalue weighted by molar-refractivity contribution is 9.10. The highest BCUT2D eigenvalue weighted by Crippen LogP contribution is 2.37. The maximum atomic E-state index is 12.6. The molecule has 0 saturated heterocycles. The van der Waals surface area contributed by atoms with Crippen molar-refractivity contribution in [3.05, 3.63) is 92.6 Å². The number of amides is 3. The van der Waals surface area contributed by atoms with Gasteiger partial charge in [0.2, 0.25) is 0 Å². The van der Waals surface area contributed by atoms with E-state index >= 15 is 0 Å². The van der Waals surface area contributed by atoms with Gasteiger partial charge in [-0.2, -0.15) is 10.4 Å². The molecule has 0 fully saturated rings. The summed E-state index contributed by atoms with van der Waals surface area (Å²) in [5, 5.41) is 18.6. The standard InChI is InChI=1S/C33H32BrN5O8/c1-5-45-32(41)29-19(2)37-33(42)38-30(29)21-10-11-25(26(14-21)43-3)46-18-28(40)39-36-16-20-12-24(34)31(27(13-20)44-4)47-17-23-9-7-6-8-22(23)15-35/h6-14,16,30H,5,17-18H2,1-4H3,(H,39,40)(H2,37,38,42)/b36-16-/t30-/m1/s1. The molecule has 1 aliphatic heterocycles. The van der Waals surface area contributed by atoms with E-state index in [9.17, 15) is 19.6 Å². The minimum Gasteiger partial charge on any atom is -0.493 e. The highest BCUT2D eigenvalue weighted by atomic mass is 79.9. The zero-order valence-electron chi connectivity index (χ0n) is 26.0. The average molecular weight is 707 g/mol. The van der Waals surface area contributed by atoms with E-state index in [1.165, 1.54) is 20.4 Å². The lowest BCUT2D eigenvalue weighted by molar-refractivity contribution is -0.139. The Balaban J connectivity index is 1.38. The number of ether oxygens (including phenoxy) is 5. The maximum Gasteiger partial charge on any atom is 0.338 e. The van der Waals surface area contributed by atoms with Crippen LogP contribution in [0.4, 0.5) is 4.79 Å². The zero-order valence-corrected chi connectivity index (χ0v) is 27.6. The number of urea groups is 1. The van der Waals surface area contributed by atoms with Crippen LogP contribution in [0.2, 0.25) is 0 Å². The average Bonchev–Trinajstić information content (AvgIpc) is 3.06. The summed E-state index contributed by atoms with van der Waals surface area (Å²) >= 11 is 3.49. The first-order chi connectivity index (χ1) is 22.7. The largest absolute Gasteiger partial charge is 0.493 e. The first kappa shape index (κ1) is 34.3. The Morgan fingerprint density at radius 1 is 1.06 bits per heavy atom. The molecule has 47 heavy (non-hydrogen) atoms. The van der Waals surface area contributed by atoms with E-state index in [1.54, 1.807) is 56.3 Å². The van der Waals surface area contributed by atoms with E-state index in [0.29, 0.717) is 38.4 Å². The van der Waals surface area contributed by atoms with Crippen molar-refractivity contribution in [3.63, 3.8) is 0 Å². The van der Waals surface area contributed by atoms with Gasteiger partial charge < -0.3 is 34.3 Å². The van der Waals surface area contributed by atoms with Crippen LogP contribution in [0.1, 0.15) is 42.1 Å². The SMILES string of the molecule is CCOC(=O)C1=C(C)NC(=O)N[C@@H]1c1ccc(OCC(=O)N/N=C\c2cc(Br)c(OCc3ccccc3C#N)c(OC)c2)c(OC)c1. The quantitative estimate of drug-likeness (QED) is 0.130. The third-order valence-corrected chi connectivity index (χ3v) is 7.40. The molecule has 0 aliphatic carbocycles. The van der Waals surface area contributed by atoms with Gasteiger partial charge in [0, 0.05) is 11.3 Å². The number of hydrogen-bond donors (Lipinski definition) is 3. The molecule has 3 N–H and O–H groups in total. The van der Waals surface area contributed by atoms with Crippen LogP contribution in [0.15, 0.2) is 75.4 Å². The molecule has 0 saturated carbocycles. The summed E-state index contributed by atoms with van der Waals surface area (Å²) in [5.41, 5.74) is 5.45. The van der Waals surface area contributed by atoms with Crippen LogP contribution in [0, 0.1) is 11.3 Å². The zero-order chi connectivity index (χ0) is 33.9. The van der Waals surface area contributed by atoms with Crippen LogP contribution in [0.3, 0.4) is 0 Å². The number of rotatable bonds is 13. The Morgan fingerprint density at radius 3 is 2.55 bits per heavy atom. The summed E-state index contributed by atoms with van der Waals surface area (Å²) in [6, 6.07) is 16.3. The van der Waals surface area contributed by atoms with Crippen molar-refractivity contribution in [2.75, 3.05) is 27.4 Å². The Labute approximate surface area is 279 Å². The number of carbonyl (C=O) groups excluding carboxylic acids is 3. The van der Waals surface area contributed by atoms with Crippen molar-refractivity contribution >= 4 is 40.1 Å². The molecular formula is C33H32BrN5O8. The summed E-state index contributed by atoms with van der Waals surface area (Å²) in [4.78, 5) is 37.3. The molecule has 0 aromatic heterocycles. The minimum absolute atomic E-state index is 0.162. The number of hydrogen-bond acceptors (Lipinski definition) is 10. The molecule has 14 heteroatoms. The van der Waals surface area contributed by atoms with Gasteiger partial charge in [0.25, 0.3) is 5.91 Å². The predicted octanol–water partition coefficient (Wildman–Crippen LogP) is 4.64. The smallest absolute Gasteiger partial charge is 0.338 e. The molecule has 0 spiro atoms. The van der Waals surface area contributed by atoms with Gasteiger partial charge in [-0.15, -0.1) is 0 Å². The summed E-state index contributed by atoms with van der Waals surface area (Å²) in [7, 11) is 2.93. The molecule has 1 heterocycles. The number of allylic oxidation sites excluding steroid dienone is 1. The summed E-state index contributed by atoms with van der Waals surface area (Å²) in [5.74, 6) is 0.305. The van der Waals surface area contributed by atoms with Crippen LogP contribution in [0.5, 0.6) is 23.0 Å². The molecule has 244 valence electrons. The van der Waals surface area contributed by atoms with E-state index in [2.05, 4.69) is 43.2 Å². The number of nitrogens with zero attached hydrogens (tertiary/aromatic N) is 2. The van der Waals surface area contributed by atoms with Crippen LogP contribution < -0.4 is 35.0 Å². The summed E-state index contributed by atoms with van der Waals surface area (Å²) in [6.45, 7) is 3.27. The molecule has 3 aromatic carbocycles. The van der Waals surface area contributed by atoms with E-state index in [4.69, 9.17) is 23.7 Å². The topological polar surface area (TPSA) is 170 Å². The minimum atomic E-state index is -0.789. The molecule has 4 rings (SSSR count). The third-order valence-electron chi connectivity index (χ3n) is 6.81. The monoisotopic (exact) mass is 705 g/mol. The fraction of sp³-hybridized carbons (Fsp3) is 0.242. The second kappa shape index (κ2) is 16.1. The van der Waals surface area contributed by atoms with Crippen molar-refractivity contribution in [1.82, 2.24) is 16.1 Å². The van der Waals surface area contributed by atoms with Crippen molar-refractivity contribution < 1.29 is 38.1 Å². The van der Waals surface area contributed by atoms with Gasteiger partial charge >= 0.3 is 12.0 Å². The molecular weight excluding hydrogens is 674 g/mol. The number of nitriles is 1. The molecule has 0 radical (unpaired) electrons. The van der Waals surface area contributed by atoms with Gasteiger partial charge in [-0.25, -0.2) is 15.0 Å². The predicted molar refractivity (Wildman–Crippen MR) is 174 cm³/mol. The lowest BCUT2D eigenvalue weighted by Gasteiger charge is -2.28. The van der Waals surface area contributed by atoms with Crippen molar-refractivity contribution in [2.45, 2.75) is 26.5 Å². The van der Waals surface area contributed by atoms with Crippen molar-refractivity contribution in [2.24, 2.45) is 5.10 Å². The fourth-order valence-corrected chi connectivity index (χ4v) is 5.19. The van der Waals surface area contributed by atoms with Gasteiger partial charge in [-0.05, 0) is 71.2 Å². The number of methoxy groups -OCH3 is 2. The number of nitrogens with one attached hydrogen (secondary N) is 3. The number of benzene rings is 3. The van der Waals surface area contributed by atoms with Crippen LogP contribution in [0.25, 0.3) is 0 Å². The van der Waals surface area contributed by atoms with Gasteiger partial charge in [-0.1, -0.05) is 24.3 Å². The van der Waals surface area contributed by atoms with Crippen molar-refractivity contribution in [1.29, 1.82) is 5.26 Å². The normalized spacial score (nSPS) is 14.0. The third kappa shape index (κ3) is 8.59. The molecule has 3 aromatic rings. The van der Waals surface area contributed by atoms with Crippen LogP contribution in [-0.4, -0.2) is 51.6 Å². The Kier molecular flexibility index (Phi) is 11.8. The van der Waals surface area contributed by atoms with E-state index in [0.717, 1.165) is 5.56 Å². The maximum absolute atomic E-state index is 12.6. The molecule has 1 aliphatic rings. The second-order valence-corrected chi connectivity index (χ2v) is 10.7. The van der Waals surface area contributed by atoms with Crippen molar-refractivity contribution in [3.8, 4) is 29.1 Å². The van der Waals surface area contributed by atoms with Gasteiger partial charge in [0.05, 0.1) is 54.8 Å². The van der Waals surface area contributed by atoms with Crippen LogP contribution in [-0.2, 0) is 20.9 Å². The first-order valence-corrected chi connectivity index (χ1v) is 15.0. The molecule has 0 bridgehead atoms. The number of esters is 1. The van der Waals surface area contributed by atoms with Crippen LogP contribution >= 0.6 is 15.9 Å². The number of hydrazone groups is 1. The molecule has 3 amide bonds. The molecule has 1 atom stereocenters. The summed E-state index contributed by atoms with van der Waals surface area (Å²) < 4.78 is 28.3. The van der Waals surface area contributed by atoms with E-state index in [-0.39, 0.29) is 36.9 Å². The lowest BCUT2D eigenvalue weighted by Crippen LogP contribution is -2.45. The van der Waals surface area contributed by atoms with Gasteiger partial charge in [0.1, 0.15) is 6.61 Å². The second-order valence-electron chi connectivity index (χ2n) is 9.87. The van der Waals surface area contributed by atoms with Gasteiger partial charge in [-0.3, -0.25) is 4.79 Å². The Hall–Kier alpha value is -5.55. The number of carbonyl (C=O) groups is 3. The fourth-order valence-electron chi connectivity index (χ4n) is 4.62. The first-order valence-electron chi connectivity index (χ1n) is 14.2. The number of halogens is 1. The van der Waals surface area contributed by atoms with E-state index < -0.39 is 23.9 Å². The lowest BCUT2D eigenvalue weighted by atomic mass is 9.95. The Morgan fingerprint density at radius 2 is 1.83 bits per heavy atom. The molecule has 0 unspecified atom stereocenters. The highest BCUT2D eigenvalue weighted by Gasteiger charge is 2.32. The Bertz CT molecular complexity index is 1770. The van der Waals surface area contributed by atoms with Gasteiger partial charge in [0.15, 0.2) is 29.6 Å².